The Morgan fingerprint density at radius 2 is 2.03 bits per heavy atom. The Bertz CT molecular complexity index is 1230. The van der Waals surface area contributed by atoms with E-state index in [-0.39, 0.29) is 11.8 Å². The molecule has 35 heavy (non-hydrogen) atoms. The first-order chi connectivity index (χ1) is 17.0. The number of nitrogens with one attached hydrogen (secondary N) is 1. The average Bonchev–Trinajstić information content (AvgIpc) is 3.65. The number of furan rings is 1. The van der Waals surface area contributed by atoms with Crippen LogP contribution >= 0.6 is 11.3 Å². The summed E-state index contributed by atoms with van der Waals surface area (Å²) < 4.78 is 15.6. The number of ether oxygens (including phenoxy) is 2. The van der Waals surface area contributed by atoms with Crippen LogP contribution in [0.15, 0.2) is 34.9 Å². The summed E-state index contributed by atoms with van der Waals surface area (Å²) in [6, 6.07) is 7.16. The quantitative estimate of drug-likeness (QED) is 0.516. The Morgan fingerprint density at radius 3 is 2.71 bits per heavy atom. The highest BCUT2D eigenvalue weighted by Crippen LogP contribution is 2.36. The van der Waals surface area contributed by atoms with Crippen LogP contribution in [0.4, 0.5) is 5.69 Å². The van der Waals surface area contributed by atoms with Gasteiger partial charge >= 0.3 is 5.97 Å². The summed E-state index contributed by atoms with van der Waals surface area (Å²) in [5.41, 5.74) is 1.26. The molecule has 5 heterocycles. The SMILES string of the molecule is COC(=O)c1sc2nc(CN3CCN(C(=O)c4ccco4)CC3)ccc2c1NC(=O)C1CCCO1. The molecule has 0 aromatic carbocycles. The van der Waals surface area contributed by atoms with Crippen molar-refractivity contribution in [2.75, 3.05) is 45.2 Å². The van der Waals surface area contributed by atoms with Crippen LogP contribution in [-0.2, 0) is 20.8 Å². The van der Waals surface area contributed by atoms with Gasteiger partial charge in [-0.15, -0.1) is 11.3 Å². The molecule has 0 spiro atoms. The molecule has 10 nitrogen and oxygen atoms in total. The number of carbonyl (C=O) groups excluding carboxylic acids is 3. The van der Waals surface area contributed by atoms with E-state index in [0.717, 1.165) is 12.1 Å². The van der Waals surface area contributed by atoms with E-state index >= 15 is 0 Å². The van der Waals surface area contributed by atoms with Crippen molar-refractivity contribution < 1.29 is 28.3 Å². The van der Waals surface area contributed by atoms with Crippen LogP contribution in [0.5, 0.6) is 0 Å². The Balaban J connectivity index is 1.29. The van der Waals surface area contributed by atoms with Crippen molar-refractivity contribution in [2.24, 2.45) is 0 Å². The second-order valence-corrected chi connectivity index (χ2v) is 9.49. The molecule has 0 saturated carbocycles. The summed E-state index contributed by atoms with van der Waals surface area (Å²) in [6.45, 7) is 3.81. The van der Waals surface area contributed by atoms with E-state index < -0.39 is 12.1 Å². The number of piperazine rings is 1. The lowest BCUT2D eigenvalue weighted by Crippen LogP contribution is -2.48. The molecule has 0 aliphatic carbocycles. The lowest BCUT2D eigenvalue weighted by atomic mass is 10.2. The van der Waals surface area contributed by atoms with Crippen molar-refractivity contribution in [3.05, 3.63) is 46.9 Å². The van der Waals surface area contributed by atoms with Crippen molar-refractivity contribution >= 4 is 45.0 Å². The smallest absolute Gasteiger partial charge is 0.350 e. The molecule has 2 saturated heterocycles. The number of carbonyl (C=O) groups is 3. The minimum Gasteiger partial charge on any atom is -0.465 e. The number of pyridine rings is 1. The van der Waals surface area contributed by atoms with Gasteiger partial charge in [-0.1, -0.05) is 0 Å². The summed E-state index contributed by atoms with van der Waals surface area (Å²) in [6.07, 6.45) is 2.48. The predicted molar refractivity (Wildman–Crippen MR) is 128 cm³/mol. The lowest BCUT2D eigenvalue weighted by molar-refractivity contribution is -0.124. The molecule has 5 rings (SSSR count). The number of hydrogen-bond acceptors (Lipinski definition) is 9. The van der Waals surface area contributed by atoms with Crippen LogP contribution in [0.25, 0.3) is 10.2 Å². The fraction of sp³-hybridized carbons (Fsp3) is 0.417. The van der Waals surface area contributed by atoms with Crippen LogP contribution in [0.3, 0.4) is 0 Å². The number of anilines is 1. The minimum atomic E-state index is -0.519. The van der Waals surface area contributed by atoms with Crippen molar-refractivity contribution in [1.82, 2.24) is 14.8 Å². The van der Waals surface area contributed by atoms with Crippen molar-refractivity contribution in [2.45, 2.75) is 25.5 Å². The zero-order chi connectivity index (χ0) is 24.4. The molecule has 1 unspecified atom stereocenters. The van der Waals surface area contributed by atoms with E-state index in [1.807, 2.05) is 12.1 Å². The third kappa shape index (κ3) is 4.93. The summed E-state index contributed by atoms with van der Waals surface area (Å²) in [5, 5.41) is 3.56. The van der Waals surface area contributed by atoms with Crippen LogP contribution in [0, 0.1) is 0 Å². The monoisotopic (exact) mass is 498 g/mol. The van der Waals surface area contributed by atoms with Crippen molar-refractivity contribution in [3.63, 3.8) is 0 Å². The van der Waals surface area contributed by atoms with E-state index in [0.29, 0.717) is 72.3 Å². The average molecular weight is 499 g/mol. The fourth-order valence-corrected chi connectivity index (χ4v) is 5.41. The number of fused-ring (bicyclic) bond motifs is 1. The Kier molecular flexibility index (Phi) is 6.80. The maximum atomic E-state index is 12.7. The Labute approximate surface area is 205 Å². The predicted octanol–water partition coefficient (Wildman–Crippen LogP) is 2.75. The molecule has 2 fully saturated rings. The fourth-order valence-electron chi connectivity index (χ4n) is 4.35. The van der Waals surface area contributed by atoms with Gasteiger partial charge in [-0.2, -0.15) is 0 Å². The number of aromatic nitrogens is 1. The molecule has 3 aromatic rings. The lowest BCUT2D eigenvalue weighted by Gasteiger charge is -2.34. The highest BCUT2D eigenvalue weighted by Gasteiger charge is 2.28. The molecule has 0 bridgehead atoms. The third-order valence-corrected chi connectivity index (χ3v) is 7.31. The summed E-state index contributed by atoms with van der Waals surface area (Å²) in [7, 11) is 1.31. The summed E-state index contributed by atoms with van der Waals surface area (Å²) >= 11 is 1.20. The molecule has 11 heteroatoms. The number of esters is 1. The second kappa shape index (κ2) is 10.1. The largest absolute Gasteiger partial charge is 0.465 e. The molecule has 0 radical (unpaired) electrons. The molecule has 1 atom stereocenters. The van der Waals surface area contributed by atoms with Gasteiger partial charge in [-0.05, 0) is 37.1 Å². The van der Waals surface area contributed by atoms with E-state index in [1.165, 1.54) is 24.7 Å². The molecule has 1 N–H and O–H groups in total. The van der Waals surface area contributed by atoms with Gasteiger partial charge in [-0.3, -0.25) is 14.5 Å². The highest BCUT2D eigenvalue weighted by atomic mass is 32.1. The number of hydrogen-bond donors (Lipinski definition) is 1. The van der Waals surface area contributed by atoms with Crippen LogP contribution in [0.2, 0.25) is 0 Å². The molecular weight excluding hydrogens is 472 g/mol. The second-order valence-electron chi connectivity index (χ2n) is 8.49. The number of rotatable bonds is 6. The van der Waals surface area contributed by atoms with Gasteiger partial charge < -0.3 is 24.1 Å². The maximum absolute atomic E-state index is 12.7. The molecule has 2 aliphatic heterocycles. The van der Waals surface area contributed by atoms with Crippen molar-refractivity contribution in [3.8, 4) is 0 Å². The van der Waals surface area contributed by atoms with E-state index in [9.17, 15) is 14.4 Å². The van der Waals surface area contributed by atoms with E-state index in [4.69, 9.17) is 18.9 Å². The van der Waals surface area contributed by atoms with Gasteiger partial charge in [0.15, 0.2) is 5.76 Å². The standard InChI is InChI=1S/C24H26N4O6S/c1-32-24(31)20-19(26-21(29)17-4-2-12-33-17)16-7-6-15(25-22(16)35-20)14-27-8-10-28(11-9-27)23(30)18-5-3-13-34-18/h3,5-7,13,17H,2,4,8-12,14H2,1H3,(H,26,29). The summed E-state index contributed by atoms with van der Waals surface area (Å²) in [5.74, 6) is -0.527. The number of thiophene rings is 1. The first-order valence-corrected chi connectivity index (χ1v) is 12.3. The summed E-state index contributed by atoms with van der Waals surface area (Å²) in [4.78, 5) is 47.3. The van der Waals surface area contributed by atoms with Gasteiger partial charge in [0.1, 0.15) is 15.8 Å². The normalized spacial score (nSPS) is 18.7. The topological polar surface area (TPSA) is 114 Å². The third-order valence-electron chi connectivity index (χ3n) is 6.23. The zero-order valence-corrected chi connectivity index (χ0v) is 20.1. The maximum Gasteiger partial charge on any atom is 0.350 e. The first-order valence-electron chi connectivity index (χ1n) is 11.5. The van der Waals surface area contributed by atoms with Crippen molar-refractivity contribution in [1.29, 1.82) is 0 Å². The number of nitrogens with zero attached hydrogens (tertiary/aromatic N) is 3. The molecule has 2 aliphatic rings. The van der Waals surface area contributed by atoms with Gasteiger partial charge in [0.25, 0.3) is 11.8 Å². The number of amides is 2. The highest BCUT2D eigenvalue weighted by molar-refractivity contribution is 7.21. The number of methoxy groups -OCH3 is 1. The van der Waals surface area contributed by atoms with Crippen LogP contribution < -0.4 is 5.32 Å². The zero-order valence-electron chi connectivity index (χ0n) is 19.3. The van der Waals surface area contributed by atoms with E-state index in [1.54, 1.807) is 17.0 Å². The molecule has 184 valence electrons. The van der Waals surface area contributed by atoms with Crippen LogP contribution in [-0.4, -0.2) is 78.6 Å². The Morgan fingerprint density at radius 1 is 1.20 bits per heavy atom. The van der Waals surface area contributed by atoms with Gasteiger partial charge in [0, 0.05) is 44.7 Å². The molecule has 3 aromatic heterocycles. The van der Waals surface area contributed by atoms with E-state index in [2.05, 4.69) is 10.2 Å². The van der Waals surface area contributed by atoms with Crippen LogP contribution in [0.1, 0.15) is 38.8 Å². The molecular formula is C24H26N4O6S. The molecule has 2 amide bonds. The first kappa shape index (κ1) is 23.5. The van der Waals surface area contributed by atoms with Gasteiger partial charge in [-0.25, -0.2) is 9.78 Å². The Hall–Kier alpha value is -3.28. The van der Waals surface area contributed by atoms with Gasteiger partial charge in [0.05, 0.1) is 24.8 Å². The van der Waals surface area contributed by atoms with Gasteiger partial charge in [0.2, 0.25) is 0 Å². The minimum absolute atomic E-state index is 0.0966.